The minimum Gasteiger partial charge on any atom is -0.227 e. The molecular weight excluding hydrogens is 270 g/mol. The molecule has 0 aliphatic heterocycles. The van der Waals surface area contributed by atoms with Crippen molar-refractivity contribution < 1.29 is 17.6 Å². The summed E-state index contributed by atoms with van der Waals surface area (Å²) in [5.41, 5.74) is -1.06. The van der Waals surface area contributed by atoms with Gasteiger partial charge in [-0.3, -0.25) is 0 Å². The number of alkyl halides is 3. The third-order valence-electron chi connectivity index (χ3n) is 2.37. The van der Waals surface area contributed by atoms with Crippen LogP contribution in [0.25, 0.3) is 11.1 Å². The zero-order valence-electron chi connectivity index (χ0n) is 8.80. The summed E-state index contributed by atoms with van der Waals surface area (Å²) < 4.78 is 51.6. The number of benzene rings is 1. The zero-order chi connectivity index (χ0) is 13.3. The van der Waals surface area contributed by atoms with Crippen molar-refractivity contribution in [3.8, 4) is 11.1 Å². The molecule has 0 spiro atoms. The highest BCUT2D eigenvalue weighted by Crippen LogP contribution is 2.39. The van der Waals surface area contributed by atoms with Crippen LogP contribution >= 0.6 is 11.6 Å². The second-order valence-corrected chi connectivity index (χ2v) is 3.88. The van der Waals surface area contributed by atoms with E-state index in [1.54, 1.807) is 0 Å². The molecule has 0 N–H and O–H groups in total. The molecule has 18 heavy (non-hydrogen) atoms. The average molecular weight is 276 g/mol. The molecule has 0 aliphatic carbocycles. The monoisotopic (exact) mass is 275 g/mol. The van der Waals surface area contributed by atoms with E-state index < -0.39 is 22.7 Å². The van der Waals surface area contributed by atoms with E-state index in [1.165, 1.54) is 24.3 Å². The standard InChI is InChI=1S/C12H6ClF4N/c13-10-8(5-6-18-11(10)14)7-3-1-2-4-9(7)12(15,16)17/h1-6H. The first-order chi connectivity index (χ1) is 8.41. The number of hydrogen-bond donors (Lipinski definition) is 0. The molecule has 0 saturated carbocycles. The van der Waals surface area contributed by atoms with Gasteiger partial charge in [0, 0.05) is 11.8 Å². The second-order valence-electron chi connectivity index (χ2n) is 3.51. The Kier molecular flexibility index (Phi) is 3.26. The van der Waals surface area contributed by atoms with Gasteiger partial charge in [-0.2, -0.15) is 17.6 Å². The molecule has 94 valence electrons. The van der Waals surface area contributed by atoms with Gasteiger partial charge in [-0.25, -0.2) is 4.98 Å². The summed E-state index contributed by atoms with van der Waals surface area (Å²) in [6, 6.07) is 6.10. The molecule has 1 aromatic heterocycles. The van der Waals surface area contributed by atoms with Gasteiger partial charge in [0.25, 0.3) is 0 Å². The first kappa shape index (κ1) is 12.8. The van der Waals surface area contributed by atoms with Gasteiger partial charge in [-0.1, -0.05) is 29.8 Å². The van der Waals surface area contributed by atoms with E-state index in [-0.39, 0.29) is 11.1 Å². The number of halogens is 5. The lowest BCUT2D eigenvalue weighted by Crippen LogP contribution is -2.07. The van der Waals surface area contributed by atoms with Crippen LogP contribution in [0.4, 0.5) is 17.6 Å². The SMILES string of the molecule is Fc1nccc(-c2ccccc2C(F)(F)F)c1Cl. The van der Waals surface area contributed by atoms with Crippen LogP contribution in [0.15, 0.2) is 36.5 Å². The van der Waals surface area contributed by atoms with Gasteiger partial charge >= 0.3 is 6.18 Å². The molecule has 0 aliphatic rings. The van der Waals surface area contributed by atoms with Gasteiger partial charge in [0.2, 0.25) is 5.95 Å². The van der Waals surface area contributed by atoms with Crippen LogP contribution in [-0.4, -0.2) is 4.98 Å². The van der Waals surface area contributed by atoms with Crippen LogP contribution < -0.4 is 0 Å². The number of rotatable bonds is 1. The van der Waals surface area contributed by atoms with Crippen molar-refractivity contribution in [3.05, 3.63) is 53.1 Å². The molecule has 2 aromatic rings. The topological polar surface area (TPSA) is 12.9 Å². The summed E-state index contributed by atoms with van der Waals surface area (Å²) in [5.74, 6) is -0.994. The Morgan fingerprint density at radius 1 is 1.00 bits per heavy atom. The van der Waals surface area contributed by atoms with Gasteiger partial charge in [-0.05, 0) is 17.7 Å². The summed E-state index contributed by atoms with van der Waals surface area (Å²) >= 11 is 5.64. The highest BCUT2D eigenvalue weighted by atomic mass is 35.5. The van der Waals surface area contributed by atoms with Crippen molar-refractivity contribution >= 4 is 11.6 Å². The van der Waals surface area contributed by atoms with E-state index in [2.05, 4.69) is 4.98 Å². The molecule has 0 amide bonds. The molecule has 1 heterocycles. The summed E-state index contributed by atoms with van der Waals surface area (Å²) in [6.07, 6.45) is -3.45. The Morgan fingerprint density at radius 2 is 1.67 bits per heavy atom. The Hall–Kier alpha value is -1.62. The number of hydrogen-bond acceptors (Lipinski definition) is 1. The minimum absolute atomic E-state index is 0.0305. The number of aromatic nitrogens is 1. The van der Waals surface area contributed by atoms with Crippen molar-refractivity contribution in [1.82, 2.24) is 4.98 Å². The Bertz CT molecular complexity index is 581. The first-order valence-electron chi connectivity index (χ1n) is 4.88. The van der Waals surface area contributed by atoms with Gasteiger partial charge in [0.05, 0.1) is 5.56 Å². The highest BCUT2D eigenvalue weighted by Gasteiger charge is 2.33. The molecule has 0 bridgehead atoms. The fourth-order valence-electron chi connectivity index (χ4n) is 1.59. The van der Waals surface area contributed by atoms with Crippen LogP contribution in [-0.2, 0) is 6.18 Å². The third-order valence-corrected chi connectivity index (χ3v) is 2.73. The fraction of sp³-hybridized carbons (Fsp3) is 0.0833. The molecule has 0 saturated heterocycles. The van der Waals surface area contributed by atoms with E-state index >= 15 is 0 Å². The van der Waals surface area contributed by atoms with Crippen LogP contribution in [0.3, 0.4) is 0 Å². The van der Waals surface area contributed by atoms with Crippen molar-refractivity contribution in [2.24, 2.45) is 0 Å². The van der Waals surface area contributed by atoms with Gasteiger partial charge in [-0.15, -0.1) is 0 Å². The quantitative estimate of drug-likeness (QED) is 0.549. The summed E-state index contributed by atoms with van der Waals surface area (Å²) in [6.45, 7) is 0. The average Bonchev–Trinajstić information content (AvgIpc) is 2.32. The molecule has 0 radical (unpaired) electrons. The maximum Gasteiger partial charge on any atom is 0.417 e. The maximum atomic E-state index is 13.2. The predicted octanol–water partition coefficient (Wildman–Crippen LogP) is 4.56. The number of pyridine rings is 1. The lowest BCUT2D eigenvalue weighted by atomic mass is 10.0. The van der Waals surface area contributed by atoms with E-state index in [4.69, 9.17) is 11.6 Å². The van der Waals surface area contributed by atoms with E-state index in [9.17, 15) is 17.6 Å². The summed E-state index contributed by atoms with van der Waals surface area (Å²) in [4.78, 5) is 3.28. The molecule has 1 nitrogen and oxygen atoms in total. The third kappa shape index (κ3) is 2.31. The zero-order valence-corrected chi connectivity index (χ0v) is 9.56. The van der Waals surface area contributed by atoms with Crippen LogP contribution in [0.2, 0.25) is 5.02 Å². The lowest BCUT2D eigenvalue weighted by Gasteiger charge is -2.13. The normalized spacial score (nSPS) is 11.6. The van der Waals surface area contributed by atoms with E-state index in [0.29, 0.717) is 0 Å². The number of nitrogens with zero attached hydrogens (tertiary/aromatic N) is 1. The molecular formula is C12H6ClF4N. The Labute approximate surface area is 105 Å². The molecule has 1 aromatic carbocycles. The van der Waals surface area contributed by atoms with Crippen molar-refractivity contribution in [2.45, 2.75) is 6.18 Å². The van der Waals surface area contributed by atoms with E-state index in [1.807, 2.05) is 0 Å². The summed E-state index contributed by atoms with van der Waals surface area (Å²) in [5, 5.41) is -0.422. The molecule has 0 atom stereocenters. The van der Waals surface area contributed by atoms with Gasteiger partial charge < -0.3 is 0 Å². The summed E-state index contributed by atoms with van der Waals surface area (Å²) in [7, 11) is 0. The van der Waals surface area contributed by atoms with Crippen LogP contribution in [0, 0.1) is 5.95 Å². The smallest absolute Gasteiger partial charge is 0.227 e. The first-order valence-corrected chi connectivity index (χ1v) is 5.25. The van der Waals surface area contributed by atoms with Gasteiger partial charge in [0.1, 0.15) is 5.02 Å². The molecule has 2 rings (SSSR count). The van der Waals surface area contributed by atoms with Crippen LogP contribution in [0.5, 0.6) is 0 Å². The van der Waals surface area contributed by atoms with E-state index in [0.717, 1.165) is 12.3 Å². The predicted molar refractivity (Wildman–Crippen MR) is 59.6 cm³/mol. The highest BCUT2D eigenvalue weighted by molar-refractivity contribution is 6.33. The molecule has 0 unspecified atom stereocenters. The lowest BCUT2D eigenvalue weighted by molar-refractivity contribution is -0.137. The fourth-order valence-corrected chi connectivity index (χ4v) is 1.80. The van der Waals surface area contributed by atoms with Crippen LogP contribution in [0.1, 0.15) is 5.56 Å². The van der Waals surface area contributed by atoms with Crippen molar-refractivity contribution in [3.63, 3.8) is 0 Å². The minimum atomic E-state index is -4.53. The molecule has 6 heteroatoms. The van der Waals surface area contributed by atoms with Gasteiger partial charge in [0.15, 0.2) is 0 Å². The molecule has 0 fully saturated rings. The second kappa shape index (κ2) is 4.57. The van der Waals surface area contributed by atoms with Crippen molar-refractivity contribution in [2.75, 3.05) is 0 Å². The maximum absolute atomic E-state index is 13.2. The Morgan fingerprint density at radius 3 is 2.33 bits per heavy atom. The Balaban J connectivity index is 2.69. The van der Waals surface area contributed by atoms with Crippen molar-refractivity contribution in [1.29, 1.82) is 0 Å². The largest absolute Gasteiger partial charge is 0.417 e.